The molecule has 2 rings (SSSR count). The van der Waals surface area contributed by atoms with Crippen LogP contribution in [0.5, 0.6) is 0 Å². The lowest BCUT2D eigenvalue weighted by atomic mass is 9.94. The lowest BCUT2D eigenvalue weighted by molar-refractivity contribution is -0.141. The van der Waals surface area contributed by atoms with E-state index in [1.807, 2.05) is 30.3 Å². The predicted octanol–water partition coefficient (Wildman–Crippen LogP) is 1.40. The van der Waals surface area contributed by atoms with Crippen LogP contribution in [-0.4, -0.2) is 35.0 Å². The van der Waals surface area contributed by atoms with Crippen molar-refractivity contribution in [3.63, 3.8) is 0 Å². The van der Waals surface area contributed by atoms with Crippen LogP contribution >= 0.6 is 0 Å². The van der Waals surface area contributed by atoms with E-state index in [4.69, 9.17) is 10.8 Å². The summed E-state index contributed by atoms with van der Waals surface area (Å²) in [4.78, 5) is 24.9. The maximum atomic E-state index is 12.4. The van der Waals surface area contributed by atoms with E-state index >= 15 is 0 Å². The number of carbonyl (C=O) groups is 2. The third-order valence-electron chi connectivity index (χ3n) is 3.72. The molecule has 20 heavy (non-hydrogen) atoms. The van der Waals surface area contributed by atoms with E-state index in [1.54, 1.807) is 4.90 Å². The highest BCUT2D eigenvalue weighted by molar-refractivity contribution is 5.83. The Morgan fingerprint density at radius 1 is 1.35 bits per heavy atom. The fraction of sp³-hybridized carbons (Fsp3) is 0.467. The van der Waals surface area contributed by atoms with Crippen LogP contribution in [0, 0.1) is 5.92 Å². The van der Waals surface area contributed by atoms with Crippen LogP contribution in [0.15, 0.2) is 30.3 Å². The van der Waals surface area contributed by atoms with Gasteiger partial charge in [0.2, 0.25) is 5.91 Å². The van der Waals surface area contributed by atoms with Gasteiger partial charge in [-0.3, -0.25) is 9.59 Å². The van der Waals surface area contributed by atoms with Crippen molar-refractivity contribution >= 4 is 11.9 Å². The second kappa shape index (κ2) is 6.52. The monoisotopic (exact) mass is 276 g/mol. The Labute approximate surface area is 118 Å². The molecule has 0 aliphatic carbocycles. The number of rotatable bonds is 4. The molecule has 0 bridgehead atoms. The first-order chi connectivity index (χ1) is 9.58. The third-order valence-corrected chi connectivity index (χ3v) is 3.72. The normalized spacial score (nSPS) is 20.4. The zero-order chi connectivity index (χ0) is 14.5. The van der Waals surface area contributed by atoms with Gasteiger partial charge >= 0.3 is 5.97 Å². The Hall–Kier alpha value is -1.88. The van der Waals surface area contributed by atoms with Gasteiger partial charge < -0.3 is 15.7 Å². The van der Waals surface area contributed by atoms with E-state index in [0.29, 0.717) is 13.1 Å². The standard InChI is InChI=1S/C15H20N2O3/c16-14(12-6-2-1-3-7-12)15(20)17-8-4-5-11(10-17)9-13(18)19/h1-3,6-7,11,14H,4-5,8-10,16H2,(H,18,19). The van der Waals surface area contributed by atoms with Gasteiger partial charge in [-0.05, 0) is 24.3 Å². The first-order valence-electron chi connectivity index (χ1n) is 6.89. The molecule has 5 heteroatoms. The number of likely N-dealkylation sites (tertiary alicyclic amines) is 1. The largest absolute Gasteiger partial charge is 0.481 e. The summed E-state index contributed by atoms with van der Waals surface area (Å²) in [5, 5.41) is 8.85. The summed E-state index contributed by atoms with van der Waals surface area (Å²) in [6.07, 6.45) is 1.81. The highest BCUT2D eigenvalue weighted by Gasteiger charge is 2.28. The number of aliphatic carboxylic acids is 1. The summed E-state index contributed by atoms with van der Waals surface area (Å²) in [5.74, 6) is -0.892. The first kappa shape index (κ1) is 14.5. The van der Waals surface area contributed by atoms with Crippen LogP contribution in [0.3, 0.4) is 0 Å². The highest BCUT2D eigenvalue weighted by atomic mass is 16.4. The average molecular weight is 276 g/mol. The second-order valence-electron chi connectivity index (χ2n) is 5.28. The second-order valence-corrected chi connectivity index (χ2v) is 5.28. The van der Waals surface area contributed by atoms with Gasteiger partial charge in [-0.25, -0.2) is 0 Å². The van der Waals surface area contributed by atoms with E-state index in [9.17, 15) is 9.59 Å². The van der Waals surface area contributed by atoms with Crippen molar-refractivity contribution < 1.29 is 14.7 Å². The smallest absolute Gasteiger partial charge is 0.303 e. The molecule has 1 aromatic carbocycles. The van der Waals surface area contributed by atoms with Gasteiger partial charge in [-0.15, -0.1) is 0 Å². The molecule has 1 saturated heterocycles. The maximum Gasteiger partial charge on any atom is 0.303 e. The minimum absolute atomic E-state index is 0.0353. The Balaban J connectivity index is 1.99. The topological polar surface area (TPSA) is 83.6 Å². The van der Waals surface area contributed by atoms with Gasteiger partial charge in [0.25, 0.3) is 0 Å². The van der Waals surface area contributed by atoms with E-state index in [1.165, 1.54) is 0 Å². The van der Waals surface area contributed by atoms with Crippen molar-refractivity contribution in [3.05, 3.63) is 35.9 Å². The predicted molar refractivity (Wildman–Crippen MR) is 74.9 cm³/mol. The van der Waals surface area contributed by atoms with Crippen LogP contribution < -0.4 is 5.73 Å². The number of benzene rings is 1. The van der Waals surface area contributed by atoms with Crippen molar-refractivity contribution in [2.75, 3.05) is 13.1 Å². The summed E-state index contributed by atoms with van der Waals surface area (Å²) in [7, 11) is 0. The van der Waals surface area contributed by atoms with Crippen molar-refractivity contribution in [2.24, 2.45) is 11.7 Å². The van der Waals surface area contributed by atoms with Crippen molar-refractivity contribution in [2.45, 2.75) is 25.3 Å². The molecule has 3 N–H and O–H groups in total. The Bertz CT molecular complexity index is 475. The van der Waals surface area contributed by atoms with E-state index in [0.717, 1.165) is 18.4 Å². The molecule has 2 unspecified atom stereocenters. The van der Waals surface area contributed by atoms with Crippen LogP contribution in [0.4, 0.5) is 0 Å². The number of carboxylic acids is 1. The number of nitrogens with two attached hydrogens (primary N) is 1. The Morgan fingerprint density at radius 3 is 2.70 bits per heavy atom. The molecule has 1 aliphatic rings. The molecular weight excluding hydrogens is 256 g/mol. The SMILES string of the molecule is NC(C(=O)N1CCCC(CC(=O)O)C1)c1ccccc1. The lowest BCUT2D eigenvalue weighted by Gasteiger charge is -2.33. The molecule has 5 nitrogen and oxygen atoms in total. The van der Waals surface area contributed by atoms with Gasteiger partial charge in [0.15, 0.2) is 0 Å². The zero-order valence-electron chi connectivity index (χ0n) is 11.4. The number of nitrogens with zero attached hydrogens (tertiary/aromatic N) is 1. The van der Waals surface area contributed by atoms with E-state index in [-0.39, 0.29) is 18.2 Å². The average Bonchev–Trinajstić information content (AvgIpc) is 2.46. The van der Waals surface area contributed by atoms with Gasteiger partial charge in [-0.1, -0.05) is 30.3 Å². The molecule has 0 spiro atoms. The summed E-state index contributed by atoms with van der Waals surface area (Å²) >= 11 is 0. The molecular formula is C15H20N2O3. The molecule has 1 fully saturated rings. The fourth-order valence-electron chi connectivity index (χ4n) is 2.68. The molecule has 2 atom stereocenters. The molecule has 0 aromatic heterocycles. The quantitative estimate of drug-likeness (QED) is 0.870. The van der Waals surface area contributed by atoms with Gasteiger partial charge in [0.1, 0.15) is 6.04 Å². The van der Waals surface area contributed by atoms with Gasteiger partial charge in [0, 0.05) is 19.5 Å². The molecule has 1 aliphatic heterocycles. The van der Waals surface area contributed by atoms with Crippen molar-refractivity contribution in [1.29, 1.82) is 0 Å². The number of amides is 1. The van der Waals surface area contributed by atoms with Gasteiger partial charge in [-0.2, -0.15) is 0 Å². The van der Waals surface area contributed by atoms with E-state index in [2.05, 4.69) is 0 Å². The maximum absolute atomic E-state index is 12.4. The number of piperidine rings is 1. The summed E-state index contributed by atoms with van der Waals surface area (Å²) < 4.78 is 0. The first-order valence-corrected chi connectivity index (χ1v) is 6.89. The zero-order valence-corrected chi connectivity index (χ0v) is 11.4. The molecule has 1 aromatic rings. The fourth-order valence-corrected chi connectivity index (χ4v) is 2.68. The number of hydrogen-bond donors (Lipinski definition) is 2. The highest BCUT2D eigenvalue weighted by Crippen LogP contribution is 2.22. The molecule has 1 amide bonds. The third kappa shape index (κ3) is 3.57. The Kier molecular flexibility index (Phi) is 4.74. The van der Waals surface area contributed by atoms with Crippen LogP contribution in [0.2, 0.25) is 0 Å². The number of hydrogen-bond acceptors (Lipinski definition) is 3. The van der Waals surface area contributed by atoms with E-state index < -0.39 is 12.0 Å². The van der Waals surface area contributed by atoms with Crippen molar-refractivity contribution in [3.8, 4) is 0 Å². The number of carboxylic acid groups (broad SMARTS) is 1. The number of carbonyl (C=O) groups excluding carboxylic acids is 1. The van der Waals surface area contributed by atoms with Crippen LogP contribution in [0.25, 0.3) is 0 Å². The molecule has 1 heterocycles. The van der Waals surface area contributed by atoms with Gasteiger partial charge in [0.05, 0.1) is 0 Å². The molecule has 0 saturated carbocycles. The molecule has 0 radical (unpaired) electrons. The van der Waals surface area contributed by atoms with Crippen LogP contribution in [0.1, 0.15) is 30.9 Å². The summed E-state index contributed by atoms with van der Waals surface area (Å²) in [6, 6.07) is 8.59. The van der Waals surface area contributed by atoms with Crippen molar-refractivity contribution in [1.82, 2.24) is 4.90 Å². The lowest BCUT2D eigenvalue weighted by Crippen LogP contribution is -2.44. The summed E-state index contributed by atoms with van der Waals surface area (Å²) in [5.41, 5.74) is 6.80. The Morgan fingerprint density at radius 2 is 2.05 bits per heavy atom. The molecule has 108 valence electrons. The van der Waals surface area contributed by atoms with Crippen LogP contribution in [-0.2, 0) is 9.59 Å². The summed E-state index contributed by atoms with van der Waals surface area (Å²) in [6.45, 7) is 1.15. The minimum atomic E-state index is -0.809. The minimum Gasteiger partial charge on any atom is -0.481 e.